The lowest BCUT2D eigenvalue weighted by Gasteiger charge is -2.16. The number of rotatable bonds is 6. The average Bonchev–Trinajstić information content (AvgIpc) is 2.54. The second kappa shape index (κ2) is 7.64. The number of para-hydroxylation sites is 1. The molecule has 0 unspecified atom stereocenters. The van der Waals surface area contributed by atoms with Gasteiger partial charge in [-0.3, -0.25) is 4.79 Å². The van der Waals surface area contributed by atoms with Crippen LogP contribution >= 0.6 is 0 Å². The minimum Gasteiger partial charge on any atom is -0.484 e. The third-order valence-corrected chi connectivity index (χ3v) is 3.59. The van der Waals surface area contributed by atoms with Crippen LogP contribution in [0.4, 0.5) is 0 Å². The van der Waals surface area contributed by atoms with Crippen LogP contribution in [-0.4, -0.2) is 12.5 Å². The average molecular weight is 297 g/mol. The largest absolute Gasteiger partial charge is 0.484 e. The first-order valence-electron chi connectivity index (χ1n) is 7.63. The molecule has 0 aliphatic rings. The predicted molar refractivity (Wildman–Crippen MR) is 89.0 cm³/mol. The Kier molecular flexibility index (Phi) is 5.59. The van der Waals surface area contributed by atoms with Gasteiger partial charge in [-0.15, -0.1) is 0 Å². The van der Waals surface area contributed by atoms with Crippen LogP contribution in [0, 0.1) is 0 Å². The molecule has 0 fully saturated rings. The van der Waals surface area contributed by atoms with Crippen molar-refractivity contribution in [2.45, 2.75) is 32.7 Å². The maximum absolute atomic E-state index is 11.9. The lowest BCUT2D eigenvalue weighted by atomic mass is 9.99. The summed E-state index contributed by atoms with van der Waals surface area (Å²) in [5, 5.41) is 2.95. The van der Waals surface area contributed by atoms with Crippen LogP contribution in [0.15, 0.2) is 54.6 Å². The lowest BCUT2D eigenvalue weighted by Crippen LogP contribution is -2.31. The molecule has 2 aromatic rings. The number of ether oxygens (including phenoxy) is 1. The van der Waals surface area contributed by atoms with Gasteiger partial charge in [-0.05, 0) is 36.1 Å². The number of hydrogen-bond acceptors (Lipinski definition) is 2. The molecule has 22 heavy (non-hydrogen) atoms. The van der Waals surface area contributed by atoms with E-state index >= 15 is 0 Å². The first kappa shape index (κ1) is 16.1. The third kappa shape index (κ3) is 4.62. The van der Waals surface area contributed by atoms with Crippen LogP contribution in [0.5, 0.6) is 5.75 Å². The van der Waals surface area contributed by atoms with Gasteiger partial charge in [0.15, 0.2) is 6.61 Å². The van der Waals surface area contributed by atoms with Crippen molar-refractivity contribution >= 4 is 5.91 Å². The number of hydrogen-bond donors (Lipinski definition) is 1. The summed E-state index contributed by atoms with van der Waals surface area (Å²) in [5.41, 5.74) is 2.40. The zero-order valence-electron chi connectivity index (χ0n) is 13.4. The molecule has 0 aliphatic carbocycles. The zero-order chi connectivity index (χ0) is 15.9. The maximum Gasteiger partial charge on any atom is 0.258 e. The van der Waals surface area contributed by atoms with Gasteiger partial charge in [-0.1, -0.05) is 56.3 Å². The van der Waals surface area contributed by atoms with Crippen LogP contribution in [-0.2, 0) is 4.79 Å². The quantitative estimate of drug-likeness (QED) is 0.873. The highest BCUT2D eigenvalue weighted by Gasteiger charge is 2.10. The first-order valence-corrected chi connectivity index (χ1v) is 7.63. The van der Waals surface area contributed by atoms with Crippen LogP contribution in [0.1, 0.15) is 43.9 Å². The molecule has 0 bridgehead atoms. The van der Waals surface area contributed by atoms with E-state index in [1.54, 1.807) is 0 Å². The van der Waals surface area contributed by atoms with Gasteiger partial charge in [0.2, 0.25) is 0 Å². The zero-order valence-corrected chi connectivity index (χ0v) is 13.4. The highest BCUT2D eigenvalue weighted by Crippen LogP contribution is 2.18. The van der Waals surface area contributed by atoms with Gasteiger partial charge in [0, 0.05) is 0 Å². The third-order valence-electron chi connectivity index (χ3n) is 3.59. The Bertz CT molecular complexity index is 591. The predicted octanol–water partition coefficient (Wildman–Crippen LogP) is 4.07. The molecule has 1 amide bonds. The summed E-state index contributed by atoms with van der Waals surface area (Å²) in [4.78, 5) is 11.9. The van der Waals surface area contributed by atoms with E-state index in [0.29, 0.717) is 11.7 Å². The fourth-order valence-corrected chi connectivity index (χ4v) is 2.20. The Hall–Kier alpha value is -2.29. The minimum absolute atomic E-state index is 0.0262. The summed E-state index contributed by atoms with van der Waals surface area (Å²) in [6.45, 7) is 6.34. The van der Waals surface area contributed by atoms with Crippen LogP contribution in [0.3, 0.4) is 0 Å². The molecule has 116 valence electrons. The van der Waals surface area contributed by atoms with Crippen molar-refractivity contribution in [2.24, 2.45) is 0 Å². The molecule has 1 atom stereocenters. The van der Waals surface area contributed by atoms with Crippen LogP contribution in [0.2, 0.25) is 0 Å². The van der Waals surface area contributed by atoms with E-state index in [-0.39, 0.29) is 18.6 Å². The fourth-order valence-electron chi connectivity index (χ4n) is 2.20. The molecular formula is C19H23NO2. The summed E-state index contributed by atoms with van der Waals surface area (Å²) in [6.07, 6.45) is 0. The summed E-state index contributed by atoms with van der Waals surface area (Å²) in [7, 11) is 0. The molecule has 0 saturated carbocycles. The Morgan fingerprint density at radius 1 is 0.955 bits per heavy atom. The molecule has 2 aromatic carbocycles. The van der Waals surface area contributed by atoms with Gasteiger partial charge in [0.05, 0.1) is 6.04 Å². The summed E-state index contributed by atoms with van der Waals surface area (Å²) >= 11 is 0. The molecule has 0 spiro atoms. The molecule has 3 nitrogen and oxygen atoms in total. The molecule has 0 aromatic heterocycles. The van der Waals surface area contributed by atoms with Gasteiger partial charge >= 0.3 is 0 Å². The van der Waals surface area contributed by atoms with Crippen molar-refractivity contribution < 1.29 is 9.53 Å². The topological polar surface area (TPSA) is 38.3 Å². The second-order valence-corrected chi connectivity index (χ2v) is 5.71. The van der Waals surface area contributed by atoms with Crippen molar-refractivity contribution in [3.63, 3.8) is 0 Å². The number of carbonyl (C=O) groups is 1. The smallest absolute Gasteiger partial charge is 0.258 e. The number of nitrogens with one attached hydrogen (secondary N) is 1. The summed E-state index contributed by atoms with van der Waals surface area (Å²) < 4.78 is 5.44. The van der Waals surface area contributed by atoms with Crippen molar-refractivity contribution in [3.05, 3.63) is 65.7 Å². The number of benzene rings is 2. The van der Waals surface area contributed by atoms with E-state index < -0.39 is 0 Å². The van der Waals surface area contributed by atoms with Gasteiger partial charge < -0.3 is 10.1 Å². The molecule has 1 N–H and O–H groups in total. The molecule has 0 saturated heterocycles. The molecular weight excluding hydrogens is 274 g/mol. The van der Waals surface area contributed by atoms with Crippen molar-refractivity contribution in [1.29, 1.82) is 0 Å². The van der Waals surface area contributed by atoms with E-state index in [0.717, 1.165) is 5.56 Å². The highest BCUT2D eigenvalue weighted by atomic mass is 16.5. The number of amides is 1. The highest BCUT2D eigenvalue weighted by molar-refractivity contribution is 5.78. The molecule has 3 heteroatoms. The standard InChI is InChI=1S/C19H23NO2/c1-14(2)16-9-11-17(12-10-16)15(3)20-19(21)13-22-18-7-5-4-6-8-18/h4-12,14-15H,13H2,1-3H3,(H,20,21)/t15-/m1/s1. The molecule has 2 rings (SSSR count). The Labute approximate surface area is 132 Å². The minimum atomic E-state index is -0.121. The fraction of sp³-hybridized carbons (Fsp3) is 0.316. The SMILES string of the molecule is CC(C)c1ccc([C@@H](C)NC(=O)COc2ccccc2)cc1. The van der Waals surface area contributed by atoms with E-state index in [1.165, 1.54) is 5.56 Å². The van der Waals surface area contributed by atoms with Gasteiger partial charge in [-0.25, -0.2) is 0 Å². The Balaban J connectivity index is 1.85. The van der Waals surface area contributed by atoms with Gasteiger partial charge in [0.25, 0.3) is 5.91 Å². The molecule has 0 radical (unpaired) electrons. The summed E-state index contributed by atoms with van der Waals surface area (Å²) in [5.74, 6) is 1.09. The summed E-state index contributed by atoms with van der Waals surface area (Å²) in [6, 6.07) is 17.7. The van der Waals surface area contributed by atoms with Gasteiger partial charge in [0.1, 0.15) is 5.75 Å². The Morgan fingerprint density at radius 2 is 1.55 bits per heavy atom. The van der Waals surface area contributed by atoms with E-state index in [2.05, 4.69) is 43.4 Å². The monoisotopic (exact) mass is 297 g/mol. The van der Waals surface area contributed by atoms with Crippen molar-refractivity contribution in [2.75, 3.05) is 6.61 Å². The van der Waals surface area contributed by atoms with Gasteiger partial charge in [-0.2, -0.15) is 0 Å². The number of carbonyl (C=O) groups excluding carboxylic acids is 1. The molecule has 0 aliphatic heterocycles. The Morgan fingerprint density at radius 3 is 2.14 bits per heavy atom. The normalized spacial score (nSPS) is 12.0. The molecule has 0 heterocycles. The lowest BCUT2D eigenvalue weighted by molar-refractivity contribution is -0.123. The maximum atomic E-state index is 11.9. The second-order valence-electron chi connectivity index (χ2n) is 5.71. The van der Waals surface area contributed by atoms with Crippen molar-refractivity contribution in [1.82, 2.24) is 5.32 Å². The van der Waals surface area contributed by atoms with E-state index in [4.69, 9.17) is 4.74 Å². The van der Waals surface area contributed by atoms with E-state index in [1.807, 2.05) is 37.3 Å². The van der Waals surface area contributed by atoms with Crippen LogP contribution in [0.25, 0.3) is 0 Å². The van der Waals surface area contributed by atoms with Crippen molar-refractivity contribution in [3.8, 4) is 5.75 Å². The first-order chi connectivity index (χ1) is 10.6. The van der Waals surface area contributed by atoms with E-state index in [9.17, 15) is 4.79 Å². The van der Waals surface area contributed by atoms with Crippen LogP contribution < -0.4 is 10.1 Å².